The van der Waals surface area contributed by atoms with E-state index in [0.717, 1.165) is 31.4 Å². The first kappa shape index (κ1) is 32.4. The summed E-state index contributed by atoms with van der Waals surface area (Å²) in [7, 11) is 3.28. The summed E-state index contributed by atoms with van der Waals surface area (Å²) >= 11 is 6.44. The molecule has 12 heteroatoms. The van der Waals surface area contributed by atoms with E-state index in [9.17, 15) is 14.3 Å². The van der Waals surface area contributed by atoms with Crippen LogP contribution in [-0.4, -0.2) is 93.4 Å². The van der Waals surface area contributed by atoms with E-state index in [-0.39, 0.29) is 52.4 Å². The fraction of sp³-hybridized carbons (Fsp3) is 0.529. The maximum absolute atomic E-state index is 16.1. The minimum absolute atomic E-state index is 0.0152. The van der Waals surface area contributed by atoms with Crippen LogP contribution in [0.5, 0.6) is 11.8 Å². The first-order valence-electron chi connectivity index (χ1n) is 15.9. The zero-order valence-corrected chi connectivity index (χ0v) is 27.5. The second-order valence-electron chi connectivity index (χ2n) is 13.2. The fourth-order valence-corrected chi connectivity index (χ4v) is 7.95. The number of pyridine rings is 1. The number of fused-ring (bicyclic) bond motifs is 2. The Morgan fingerprint density at radius 1 is 1.26 bits per heavy atom. The highest BCUT2D eigenvalue weighted by Gasteiger charge is 2.44. The van der Waals surface area contributed by atoms with E-state index in [0.29, 0.717) is 41.3 Å². The highest BCUT2D eigenvalue weighted by Crippen LogP contribution is 2.49. The van der Waals surface area contributed by atoms with Gasteiger partial charge in [-0.15, -0.1) is 0 Å². The van der Waals surface area contributed by atoms with Gasteiger partial charge in [-0.2, -0.15) is 9.97 Å². The lowest BCUT2D eigenvalue weighted by atomic mass is 9.97. The van der Waals surface area contributed by atoms with Crippen molar-refractivity contribution in [2.45, 2.75) is 82.1 Å². The van der Waals surface area contributed by atoms with Crippen molar-refractivity contribution in [1.29, 1.82) is 0 Å². The number of likely N-dealkylation sites (tertiary alicyclic amines) is 1. The number of ether oxygens (including phenoxy) is 1. The molecule has 246 valence electrons. The molecule has 5 heterocycles. The number of halogens is 3. The van der Waals surface area contributed by atoms with Gasteiger partial charge < -0.3 is 19.6 Å². The Balaban J connectivity index is 0.000000314. The minimum atomic E-state index is -0.644. The molecule has 1 saturated carbocycles. The van der Waals surface area contributed by atoms with Crippen LogP contribution in [0.25, 0.3) is 22.2 Å². The van der Waals surface area contributed by atoms with E-state index >= 15 is 4.39 Å². The first-order valence-corrected chi connectivity index (χ1v) is 16.3. The van der Waals surface area contributed by atoms with Crippen LogP contribution < -0.4 is 9.64 Å². The van der Waals surface area contributed by atoms with Gasteiger partial charge in [-0.05, 0) is 88.6 Å². The van der Waals surface area contributed by atoms with Crippen LogP contribution >= 0.6 is 11.6 Å². The van der Waals surface area contributed by atoms with Crippen LogP contribution in [0, 0.1) is 5.82 Å². The minimum Gasteiger partial charge on any atom is -0.508 e. The van der Waals surface area contributed by atoms with Gasteiger partial charge in [-0.1, -0.05) is 18.2 Å². The summed E-state index contributed by atoms with van der Waals surface area (Å²) in [5.41, 5.74) is 1.59. The van der Waals surface area contributed by atoms with Crippen LogP contribution in [0.3, 0.4) is 0 Å². The summed E-state index contributed by atoms with van der Waals surface area (Å²) in [5, 5.41) is 11.0. The van der Waals surface area contributed by atoms with Gasteiger partial charge in [0.25, 0.3) is 0 Å². The normalized spacial score (nSPS) is 25.7. The van der Waals surface area contributed by atoms with E-state index < -0.39 is 12.0 Å². The molecule has 2 unspecified atom stereocenters. The number of carbonyl (C=O) groups excluding carboxylic acids is 1. The Morgan fingerprint density at radius 2 is 2.02 bits per heavy atom. The highest BCUT2D eigenvalue weighted by atomic mass is 35.5. The Morgan fingerprint density at radius 3 is 2.70 bits per heavy atom. The maximum Gasteiger partial charge on any atom is 0.318 e. The molecule has 1 amide bonds. The molecule has 0 spiro atoms. The van der Waals surface area contributed by atoms with Gasteiger partial charge in [0, 0.05) is 48.5 Å². The molecule has 4 atom stereocenters. The molecule has 1 N–H and O–H groups in total. The van der Waals surface area contributed by atoms with Crippen LogP contribution in [0.15, 0.2) is 31.0 Å². The quantitative estimate of drug-likeness (QED) is 0.311. The van der Waals surface area contributed by atoms with E-state index in [1.807, 2.05) is 18.9 Å². The standard InChI is InChI=1S/C26H27ClFN5O3.C8H14FN/c1-5-20(35)33-9-8-19(13(33)2)32(3)25-17-12-29-23(22(28)24(17)30-26(31-25)36-4)16-10-15(34)11-18(27)21(16)14-6-7-14;1-8-3-2-4-10(8)6-7(9)5-8/h5,10-14,19,34H,1,6-9H2,2-4H3;7H,2-6H2,1H3/t13-,19-;/m1./s1. The van der Waals surface area contributed by atoms with Gasteiger partial charge in [-0.25, -0.2) is 8.78 Å². The summed E-state index contributed by atoms with van der Waals surface area (Å²) < 4.78 is 34.3. The summed E-state index contributed by atoms with van der Waals surface area (Å²) in [6.07, 6.45) is 8.15. The third-order valence-corrected chi connectivity index (χ3v) is 10.5. The molecular weight excluding hydrogens is 614 g/mol. The lowest BCUT2D eigenvalue weighted by Gasteiger charge is -2.31. The predicted octanol–water partition coefficient (Wildman–Crippen LogP) is 6.27. The molecule has 3 aliphatic heterocycles. The Hall–Kier alpha value is -3.57. The van der Waals surface area contributed by atoms with Crippen molar-refractivity contribution in [3.05, 3.63) is 47.4 Å². The number of benzene rings is 1. The number of aromatic hydroxyl groups is 1. The lowest BCUT2D eigenvalue weighted by molar-refractivity contribution is -0.126. The molecule has 9 nitrogen and oxygen atoms in total. The number of likely N-dealkylation sites (N-methyl/N-ethyl adjacent to an activating group) is 1. The van der Waals surface area contributed by atoms with Crippen molar-refractivity contribution in [2.24, 2.45) is 0 Å². The van der Waals surface area contributed by atoms with Crippen molar-refractivity contribution < 1.29 is 23.4 Å². The largest absolute Gasteiger partial charge is 0.508 e. The maximum atomic E-state index is 16.1. The molecule has 4 aliphatic rings. The highest BCUT2D eigenvalue weighted by molar-refractivity contribution is 6.32. The third-order valence-electron chi connectivity index (χ3n) is 10.2. The van der Waals surface area contributed by atoms with E-state index in [4.69, 9.17) is 16.3 Å². The number of methoxy groups -OCH3 is 1. The number of carbonyl (C=O) groups is 1. The molecule has 2 aromatic heterocycles. The Bertz CT molecular complexity index is 1670. The average Bonchev–Trinajstić information content (AvgIpc) is 3.60. The number of hydrogen-bond acceptors (Lipinski definition) is 8. The van der Waals surface area contributed by atoms with Crippen LogP contribution in [-0.2, 0) is 4.79 Å². The number of nitrogens with zero attached hydrogens (tertiary/aromatic N) is 6. The number of alkyl halides is 1. The van der Waals surface area contributed by atoms with Crippen LogP contribution in [0.4, 0.5) is 14.6 Å². The molecule has 0 bridgehead atoms. The van der Waals surface area contributed by atoms with E-state index in [1.54, 1.807) is 11.1 Å². The van der Waals surface area contributed by atoms with Crippen molar-refractivity contribution in [3.63, 3.8) is 0 Å². The second-order valence-corrected chi connectivity index (χ2v) is 13.6. The van der Waals surface area contributed by atoms with Gasteiger partial charge >= 0.3 is 6.01 Å². The Kier molecular flexibility index (Phi) is 8.84. The molecular formula is C34H41ClF2N6O3. The molecule has 46 heavy (non-hydrogen) atoms. The number of anilines is 1. The summed E-state index contributed by atoms with van der Waals surface area (Å²) in [6, 6.07) is 2.81. The van der Waals surface area contributed by atoms with E-state index in [1.165, 1.54) is 38.2 Å². The van der Waals surface area contributed by atoms with Crippen molar-refractivity contribution >= 4 is 34.2 Å². The number of phenols is 1. The fourth-order valence-electron chi connectivity index (χ4n) is 7.58. The van der Waals surface area contributed by atoms with Gasteiger partial charge in [0.1, 0.15) is 28.9 Å². The van der Waals surface area contributed by atoms with Crippen LogP contribution in [0.2, 0.25) is 5.02 Å². The van der Waals surface area contributed by atoms with Gasteiger partial charge in [0.15, 0.2) is 5.82 Å². The number of aromatic nitrogens is 3. The monoisotopic (exact) mass is 654 g/mol. The topological polar surface area (TPSA) is 94.9 Å². The molecule has 3 saturated heterocycles. The first-order chi connectivity index (χ1) is 21.9. The van der Waals surface area contributed by atoms with Gasteiger partial charge in [0.05, 0.1) is 18.5 Å². The van der Waals surface area contributed by atoms with Crippen molar-refractivity contribution in [3.8, 4) is 23.0 Å². The summed E-state index contributed by atoms with van der Waals surface area (Å²) in [5.74, 6) is -0.172. The lowest BCUT2D eigenvalue weighted by Crippen LogP contribution is -2.43. The van der Waals surface area contributed by atoms with Crippen molar-refractivity contribution in [1.82, 2.24) is 24.8 Å². The second kappa shape index (κ2) is 12.6. The predicted molar refractivity (Wildman–Crippen MR) is 175 cm³/mol. The van der Waals surface area contributed by atoms with Crippen LogP contribution in [0.1, 0.15) is 63.9 Å². The summed E-state index contributed by atoms with van der Waals surface area (Å²) in [4.78, 5) is 31.5. The molecule has 7 rings (SSSR count). The SMILES string of the molecule is C=CC(=O)N1CC[C@@H](N(C)c2nc(OC)nc3c(F)c(-c4cc(O)cc(Cl)c4C4CC4)ncc23)[C@H]1C.CC12CCCN1CC(F)C2. The summed E-state index contributed by atoms with van der Waals surface area (Å²) in [6.45, 7) is 10.2. The third kappa shape index (κ3) is 5.88. The molecule has 4 fully saturated rings. The number of amides is 1. The van der Waals surface area contributed by atoms with Gasteiger partial charge in [0.2, 0.25) is 5.91 Å². The number of hydrogen-bond donors (Lipinski definition) is 1. The van der Waals surface area contributed by atoms with Crippen molar-refractivity contribution in [2.75, 3.05) is 38.7 Å². The smallest absolute Gasteiger partial charge is 0.318 e. The zero-order chi connectivity index (χ0) is 32.9. The van der Waals surface area contributed by atoms with E-state index in [2.05, 4.69) is 33.4 Å². The molecule has 0 radical (unpaired) electrons. The average molecular weight is 655 g/mol. The Labute approximate surface area is 273 Å². The molecule has 1 aromatic carbocycles. The van der Waals surface area contributed by atoms with Gasteiger partial charge in [-0.3, -0.25) is 14.7 Å². The number of phenolic OH excluding ortho intramolecular Hbond substituents is 1. The zero-order valence-electron chi connectivity index (χ0n) is 26.8. The molecule has 1 aliphatic carbocycles. The molecule has 3 aromatic rings. The number of rotatable bonds is 6.